The van der Waals surface area contributed by atoms with E-state index in [-0.39, 0.29) is 28.0 Å². The first-order chi connectivity index (χ1) is 10.6. The van der Waals surface area contributed by atoms with Crippen molar-refractivity contribution in [2.24, 2.45) is 5.18 Å². The molecule has 0 spiro atoms. The number of hydrogen-bond donors (Lipinski definition) is 2. The number of nitrogens with zero attached hydrogens (tertiary/aromatic N) is 2. The van der Waals surface area contributed by atoms with Crippen LogP contribution in [0.2, 0.25) is 0 Å². The highest BCUT2D eigenvalue weighted by Gasteiger charge is 2.17. The molecule has 0 bridgehead atoms. The SMILES string of the molecule is O=Nc1ccc2c(c1)c(O)c1[nH]c3cccc(F)c3c(=O)n12. The second-order valence-electron chi connectivity index (χ2n) is 4.92. The number of benzene rings is 2. The molecule has 0 aliphatic rings. The Morgan fingerprint density at radius 2 is 2.05 bits per heavy atom. The molecule has 2 aromatic carbocycles. The maximum absolute atomic E-state index is 13.9. The smallest absolute Gasteiger partial charge is 0.269 e. The summed E-state index contributed by atoms with van der Waals surface area (Å²) in [5.74, 6) is -0.836. The Bertz CT molecular complexity index is 1140. The van der Waals surface area contributed by atoms with Crippen LogP contribution in [0.4, 0.5) is 10.1 Å². The first kappa shape index (κ1) is 12.5. The number of nitroso groups, excluding NO2 is 1. The van der Waals surface area contributed by atoms with Crippen molar-refractivity contribution in [3.8, 4) is 5.75 Å². The number of H-pyrrole nitrogens is 1. The van der Waals surface area contributed by atoms with E-state index in [1.807, 2.05) is 0 Å². The van der Waals surface area contributed by atoms with Crippen molar-refractivity contribution in [2.45, 2.75) is 0 Å². The molecule has 0 fully saturated rings. The minimum atomic E-state index is -0.645. The highest BCUT2D eigenvalue weighted by atomic mass is 19.1. The standard InChI is InChI=1S/C15H8FN3O3/c16-9-2-1-3-10-12(9)15(21)19-11-5-4-7(18-22)6-8(11)13(20)14(19)17-10/h1-6,17,20H. The van der Waals surface area contributed by atoms with Crippen molar-refractivity contribution in [1.29, 1.82) is 0 Å². The summed E-state index contributed by atoms with van der Waals surface area (Å²) in [6, 6.07) is 8.50. The Labute approximate surface area is 121 Å². The molecule has 0 unspecified atom stereocenters. The summed E-state index contributed by atoms with van der Waals surface area (Å²) in [4.78, 5) is 26.1. The summed E-state index contributed by atoms with van der Waals surface area (Å²) in [7, 11) is 0. The lowest BCUT2D eigenvalue weighted by atomic mass is 10.2. The third-order valence-corrected chi connectivity index (χ3v) is 3.71. The van der Waals surface area contributed by atoms with Gasteiger partial charge in [-0.25, -0.2) is 4.39 Å². The molecule has 6 nitrogen and oxygen atoms in total. The van der Waals surface area contributed by atoms with Gasteiger partial charge in [0.05, 0.1) is 16.4 Å². The molecular weight excluding hydrogens is 289 g/mol. The summed E-state index contributed by atoms with van der Waals surface area (Å²) in [6.45, 7) is 0. The average molecular weight is 297 g/mol. The zero-order valence-electron chi connectivity index (χ0n) is 11.0. The molecule has 0 saturated carbocycles. The van der Waals surface area contributed by atoms with Gasteiger partial charge in [-0.1, -0.05) is 6.07 Å². The van der Waals surface area contributed by atoms with E-state index >= 15 is 0 Å². The fourth-order valence-electron chi connectivity index (χ4n) is 2.73. The van der Waals surface area contributed by atoms with Crippen molar-refractivity contribution < 1.29 is 9.50 Å². The van der Waals surface area contributed by atoms with Gasteiger partial charge in [0.1, 0.15) is 11.5 Å². The van der Waals surface area contributed by atoms with E-state index in [2.05, 4.69) is 10.2 Å². The Morgan fingerprint density at radius 3 is 2.82 bits per heavy atom. The van der Waals surface area contributed by atoms with Crippen LogP contribution in [-0.2, 0) is 0 Å². The van der Waals surface area contributed by atoms with Gasteiger partial charge in [-0.3, -0.25) is 9.20 Å². The monoisotopic (exact) mass is 297 g/mol. The van der Waals surface area contributed by atoms with Gasteiger partial charge >= 0.3 is 0 Å². The predicted octanol–water partition coefficient (Wildman–Crippen LogP) is 3.18. The van der Waals surface area contributed by atoms with Gasteiger partial charge in [0, 0.05) is 5.39 Å². The van der Waals surface area contributed by atoms with Crippen molar-refractivity contribution >= 4 is 33.1 Å². The van der Waals surface area contributed by atoms with Crippen molar-refractivity contribution in [1.82, 2.24) is 9.38 Å². The second kappa shape index (κ2) is 4.14. The van der Waals surface area contributed by atoms with E-state index < -0.39 is 11.4 Å². The summed E-state index contributed by atoms with van der Waals surface area (Å²) >= 11 is 0. The highest BCUT2D eigenvalue weighted by Crippen LogP contribution is 2.33. The topological polar surface area (TPSA) is 86.9 Å². The number of halogens is 1. The molecule has 108 valence electrons. The van der Waals surface area contributed by atoms with Crippen LogP contribution in [0.1, 0.15) is 0 Å². The van der Waals surface area contributed by atoms with Crippen LogP contribution < -0.4 is 5.56 Å². The molecule has 7 heteroatoms. The summed E-state index contributed by atoms with van der Waals surface area (Å²) in [5, 5.41) is 13.3. The highest BCUT2D eigenvalue weighted by molar-refractivity contribution is 5.97. The largest absolute Gasteiger partial charge is 0.504 e. The molecule has 0 saturated heterocycles. The molecule has 2 N–H and O–H groups in total. The van der Waals surface area contributed by atoms with E-state index in [1.54, 1.807) is 6.07 Å². The lowest BCUT2D eigenvalue weighted by molar-refractivity contribution is 0.486. The third kappa shape index (κ3) is 1.44. The van der Waals surface area contributed by atoms with Gasteiger partial charge in [0.25, 0.3) is 5.56 Å². The molecule has 2 aromatic heterocycles. The predicted molar refractivity (Wildman–Crippen MR) is 80.1 cm³/mol. The number of hydrogen-bond acceptors (Lipinski definition) is 4. The zero-order chi connectivity index (χ0) is 15.4. The maximum atomic E-state index is 13.9. The van der Waals surface area contributed by atoms with E-state index in [9.17, 15) is 19.2 Å². The normalized spacial score (nSPS) is 11.5. The fourth-order valence-corrected chi connectivity index (χ4v) is 2.73. The van der Waals surface area contributed by atoms with Gasteiger partial charge in [-0.15, -0.1) is 4.91 Å². The number of aromatic amines is 1. The molecule has 0 aliphatic heterocycles. The fraction of sp³-hybridized carbons (Fsp3) is 0. The first-order valence-corrected chi connectivity index (χ1v) is 6.43. The summed E-state index contributed by atoms with van der Waals surface area (Å²) in [5.41, 5.74) is 0.331. The molecule has 22 heavy (non-hydrogen) atoms. The van der Waals surface area contributed by atoms with E-state index in [0.717, 1.165) is 0 Å². The maximum Gasteiger partial charge on any atom is 0.269 e. The van der Waals surface area contributed by atoms with E-state index in [0.29, 0.717) is 10.9 Å². The number of aromatic nitrogens is 2. The third-order valence-electron chi connectivity index (χ3n) is 3.71. The molecule has 0 aliphatic carbocycles. The van der Waals surface area contributed by atoms with Gasteiger partial charge in [0.2, 0.25) is 0 Å². The van der Waals surface area contributed by atoms with Crippen LogP contribution in [0.15, 0.2) is 46.4 Å². The van der Waals surface area contributed by atoms with Crippen LogP contribution in [0.5, 0.6) is 5.75 Å². The molecule has 0 atom stereocenters. The van der Waals surface area contributed by atoms with Crippen LogP contribution >= 0.6 is 0 Å². The molecule has 2 heterocycles. The molecule has 0 amide bonds. The van der Waals surface area contributed by atoms with E-state index in [4.69, 9.17) is 0 Å². The molecule has 0 radical (unpaired) electrons. The number of rotatable bonds is 1. The number of fused-ring (bicyclic) bond motifs is 4. The lowest BCUT2D eigenvalue weighted by Gasteiger charge is -2.02. The first-order valence-electron chi connectivity index (χ1n) is 6.43. The Balaban J connectivity index is 2.34. The van der Waals surface area contributed by atoms with E-state index in [1.165, 1.54) is 34.7 Å². The molecular formula is C15H8FN3O3. The van der Waals surface area contributed by atoms with Crippen molar-refractivity contribution in [3.63, 3.8) is 0 Å². The minimum Gasteiger partial charge on any atom is -0.504 e. The Kier molecular flexibility index (Phi) is 2.35. The van der Waals surface area contributed by atoms with Gasteiger partial charge in [-0.05, 0) is 35.5 Å². The Morgan fingerprint density at radius 1 is 1.23 bits per heavy atom. The second-order valence-corrected chi connectivity index (χ2v) is 4.92. The van der Waals surface area contributed by atoms with Crippen LogP contribution in [-0.4, -0.2) is 14.5 Å². The van der Waals surface area contributed by atoms with Gasteiger partial charge in [-0.2, -0.15) is 0 Å². The van der Waals surface area contributed by atoms with Crippen LogP contribution in [0, 0.1) is 10.7 Å². The Hall–Kier alpha value is -3.22. The number of aromatic hydroxyl groups is 1. The summed E-state index contributed by atoms with van der Waals surface area (Å²) in [6.07, 6.45) is 0. The van der Waals surface area contributed by atoms with Crippen LogP contribution in [0.25, 0.3) is 27.5 Å². The van der Waals surface area contributed by atoms with Crippen LogP contribution in [0.3, 0.4) is 0 Å². The zero-order valence-corrected chi connectivity index (χ0v) is 11.0. The van der Waals surface area contributed by atoms with Gasteiger partial charge in [0.15, 0.2) is 11.4 Å². The van der Waals surface area contributed by atoms with Gasteiger partial charge < -0.3 is 10.1 Å². The van der Waals surface area contributed by atoms with Crippen molar-refractivity contribution in [2.75, 3.05) is 0 Å². The molecule has 4 rings (SSSR count). The average Bonchev–Trinajstić information content (AvgIpc) is 2.80. The minimum absolute atomic E-state index is 0.0931. The molecule has 4 aromatic rings. The van der Waals surface area contributed by atoms with Crippen molar-refractivity contribution in [3.05, 3.63) is 57.5 Å². The quantitative estimate of drug-likeness (QED) is 0.529. The lowest BCUT2D eigenvalue weighted by Crippen LogP contribution is -2.15. The summed E-state index contributed by atoms with van der Waals surface area (Å²) < 4.78 is 15.1. The number of nitrogens with one attached hydrogen (secondary N) is 1.